The first-order valence-corrected chi connectivity index (χ1v) is 16.0. The van der Waals surface area contributed by atoms with Gasteiger partial charge < -0.3 is 19.5 Å². The second-order valence-corrected chi connectivity index (χ2v) is 13.3. The van der Waals surface area contributed by atoms with Gasteiger partial charge in [0.1, 0.15) is 0 Å². The second-order valence-electron chi connectivity index (χ2n) is 12.8. The standard InChI is InChI=1S/C36H43ClN2O4/c1-6-38-29-15-16-30(38)20-26(19-29)36(4,41)25-9-13-28(14-10-25)39-34(40)18-24-17-32(42-5)33(43-22(2)3)21-31(24)35(39)23-7-11-27(37)12-8-23/h7-14,17,21-22,26,29-30,35,41H,6,15-16,18-20H2,1-5H3/t26?,29?,30?,35?,36-/m1/s1. The maximum absolute atomic E-state index is 13.9. The van der Waals surface area contributed by atoms with Crippen LogP contribution in [0.5, 0.6) is 11.5 Å². The molecule has 43 heavy (non-hydrogen) atoms. The van der Waals surface area contributed by atoms with Crippen molar-refractivity contribution in [2.75, 3.05) is 18.6 Å². The quantitative estimate of drug-likeness (QED) is 0.293. The van der Waals surface area contributed by atoms with Gasteiger partial charge in [-0.3, -0.25) is 9.69 Å². The largest absolute Gasteiger partial charge is 0.493 e. The number of ether oxygens (including phenoxy) is 2. The highest BCUT2D eigenvalue weighted by Crippen LogP contribution is 2.47. The third-order valence-corrected chi connectivity index (χ3v) is 10.2. The maximum atomic E-state index is 13.9. The summed E-state index contributed by atoms with van der Waals surface area (Å²) in [5.41, 5.74) is 3.62. The number of benzene rings is 3. The van der Waals surface area contributed by atoms with Crippen molar-refractivity contribution in [2.24, 2.45) is 5.92 Å². The van der Waals surface area contributed by atoms with E-state index in [4.69, 9.17) is 21.1 Å². The Morgan fingerprint density at radius 1 is 1.00 bits per heavy atom. The van der Waals surface area contributed by atoms with E-state index in [1.807, 2.05) is 86.3 Å². The molecule has 4 atom stereocenters. The number of nitrogens with zero attached hydrogens (tertiary/aromatic N) is 2. The van der Waals surface area contributed by atoms with Gasteiger partial charge in [0.25, 0.3) is 0 Å². The van der Waals surface area contributed by atoms with Crippen molar-refractivity contribution in [3.8, 4) is 11.5 Å². The number of methoxy groups -OCH3 is 1. The smallest absolute Gasteiger partial charge is 0.232 e. The zero-order valence-electron chi connectivity index (χ0n) is 25.8. The van der Waals surface area contributed by atoms with Crippen molar-refractivity contribution >= 4 is 23.2 Å². The molecule has 0 spiro atoms. The summed E-state index contributed by atoms with van der Waals surface area (Å²) in [6.45, 7) is 9.27. The van der Waals surface area contributed by atoms with E-state index < -0.39 is 5.60 Å². The van der Waals surface area contributed by atoms with Crippen LogP contribution in [0, 0.1) is 5.92 Å². The number of aliphatic hydroxyl groups is 1. The third-order valence-electron chi connectivity index (χ3n) is 9.91. The molecule has 3 aromatic rings. The molecule has 3 heterocycles. The maximum Gasteiger partial charge on any atom is 0.232 e. The topological polar surface area (TPSA) is 62.2 Å². The summed E-state index contributed by atoms with van der Waals surface area (Å²) in [5, 5.41) is 12.5. The number of anilines is 1. The zero-order valence-corrected chi connectivity index (χ0v) is 26.6. The molecule has 0 aromatic heterocycles. The molecule has 0 radical (unpaired) electrons. The number of hydrogen-bond donors (Lipinski definition) is 1. The molecule has 3 aliphatic heterocycles. The van der Waals surface area contributed by atoms with Gasteiger partial charge in [0.05, 0.1) is 31.3 Å². The van der Waals surface area contributed by atoms with Crippen molar-refractivity contribution in [3.63, 3.8) is 0 Å². The molecular formula is C36H43ClN2O4. The second kappa shape index (κ2) is 11.8. The Labute approximate surface area is 260 Å². The summed E-state index contributed by atoms with van der Waals surface area (Å²) in [7, 11) is 1.62. The number of carbonyl (C=O) groups is 1. The third kappa shape index (κ3) is 5.54. The lowest BCUT2D eigenvalue weighted by Crippen LogP contribution is -2.47. The Balaban J connectivity index is 1.36. The van der Waals surface area contributed by atoms with Crippen molar-refractivity contribution < 1.29 is 19.4 Å². The van der Waals surface area contributed by atoms with E-state index in [1.54, 1.807) is 7.11 Å². The van der Waals surface area contributed by atoms with Crippen LogP contribution in [0.3, 0.4) is 0 Å². The van der Waals surface area contributed by atoms with E-state index >= 15 is 0 Å². The van der Waals surface area contributed by atoms with E-state index in [9.17, 15) is 9.90 Å². The molecule has 3 aliphatic rings. The van der Waals surface area contributed by atoms with Crippen molar-refractivity contribution in [3.05, 3.63) is 87.9 Å². The number of fused-ring (bicyclic) bond motifs is 3. The van der Waals surface area contributed by atoms with Crippen LogP contribution < -0.4 is 14.4 Å². The minimum atomic E-state index is -0.938. The summed E-state index contributed by atoms with van der Waals surface area (Å²) < 4.78 is 11.8. The predicted molar refractivity (Wildman–Crippen MR) is 171 cm³/mol. The fraction of sp³-hybridized carbons (Fsp3) is 0.472. The minimum Gasteiger partial charge on any atom is -0.493 e. The first-order chi connectivity index (χ1) is 20.6. The van der Waals surface area contributed by atoms with E-state index in [2.05, 4.69) is 11.8 Å². The molecule has 228 valence electrons. The highest BCUT2D eigenvalue weighted by molar-refractivity contribution is 6.30. The molecule has 3 unspecified atom stereocenters. The zero-order chi connectivity index (χ0) is 30.5. The monoisotopic (exact) mass is 602 g/mol. The van der Waals surface area contributed by atoms with Gasteiger partial charge in [-0.2, -0.15) is 0 Å². The van der Waals surface area contributed by atoms with Gasteiger partial charge in [-0.25, -0.2) is 0 Å². The number of rotatable bonds is 8. The van der Waals surface area contributed by atoms with Crippen molar-refractivity contribution in [1.29, 1.82) is 0 Å². The Hall–Kier alpha value is -3.06. The Kier molecular flexibility index (Phi) is 8.22. The van der Waals surface area contributed by atoms with Gasteiger partial charge in [-0.05, 0) is 118 Å². The number of hydrogen-bond acceptors (Lipinski definition) is 5. The van der Waals surface area contributed by atoms with Crippen LogP contribution in [0.2, 0.25) is 5.02 Å². The first-order valence-electron chi connectivity index (χ1n) is 15.6. The van der Waals surface area contributed by atoms with Crippen LogP contribution in [-0.4, -0.2) is 47.8 Å². The van der Waals surface area contributed by atoms with Gasteiger partial charge >= 0.3 is 0 Å². The van der Waals surface area contributed by atoms with E-state index in [1.165, 1.54) is 12.8 Å². The Morgan fingerprint density at radius 3 is 2.23 bits per heavy atom. The van der Waals surface area contributed by atoms with Crippen molar-refractivity contribution in [2.45, 2.75) is 89.6 Å². The molecule has 0 aliphatic carbocycles. The van der Waals surface area contributed by atoms with E-state index in [0.717, 1.165) is 47.3 Å². The molecule has 7 heteroatoms. The van der Waals surface area contributed by atoms with E-state index in [-0.39, 0.29) is 30.4 Å². The molecule has 0 saturated carbocycles. The first kappa shape index (κ1) is 30.0. The molecule has 1 N–H and O–H groups in total. The summed E-state index contributed by atoms with van der Waals surface area (Å²) >= 11 is 6.27. The van der Waals surface area contributed by atoms with Crippen LogP contribution in [0.1, 0.15) is 81.7 Å². The van der Waals surface area contributed by atoms with Crippen LogP contribution >= 0.6 is 11.6 Å². The lowest BCUT2D eigenvalue weighted by Gasteiger charge is -2.44. The molecule has 1 amide bonds. The number of piperidine rings is 1. The van der Waals surface area contributed by atoms with Crippen LogP contribution in [-0.2, 0) is 16.8 Å². The predicted octanol–water partition coefficient (Wildman–Crippen LogP) is 7.28. The summed E-state index contributed by atoms with van der Waals surface area (Å²) in [6.07, 6.45) is 4.70. The average molecular weight is 603 g/mol. The minimum absolute atomic E-state index is 0.00458. The van der Waals surface area contributed by atoms with Gasteiger partial charge in [0.15, 0.2) is 11.5 Å². The molecular weight excluding hydrogens is 560 g/mol. The van der Waals surface area contributed by atoms with Gasteiger partial charge in [0.2, 0.25) is 5.91 Å². The molecule has 2 saturated heterocycles. The summed E-state index contributed by atoms with van der Waals surface area (Å²) in [5.74, 6) is 1.47. The fourth-order valence-electron chi connectivity index (χ4n) is 7.77. The number of halogens is 1. The SMILES string of the molecule is CCN1C2CCC1CC([C@](C)(O)c1ccc(N3C(=O)Cc4cc(OC)c(OC(C)C)cc4C3c3ccc(Cl)cc3)cc1)C2. The molecule has 3 aromatic carbocycles. The van der Waals surface area contributed by atoms with Crippen molar-refractivity contribution in [1.82, 2.24) is 4.90 Å². The highest BCUT2D eigenvalue weighted by atomic mass is 35.5. The highest BCUT2D eigenvalue weighted by Gasteiger charge is 2.46. The normalized spacial score (nSPS) is 25.0. The summed E-state index contributed by atoms with van der Waals surface area (Å²) in [6, 6.07) is 20.4. The summed E-state index contributed by atoms with van der Waals surface area (Å²) in [4.78, 5) is 18.4. The molecule has 6 rings (SSSR count). The van der Waals surface area contributed by atoms with Crippen LogP contribution in [0.25, 0.3) is 0 Å². The fourth-order valence-corrected chi connectivity index (χ4v) is 7.90. The van der Waals surface area contributed by atoms with Gasteiger partial charge in [-0.15, -0.1) is 0 Å². The van der Waals surface area contributed by atoms with E-state index in [0.29, 0.717) is 28.6 Å². The molecule has 6 nitrogen and oxygen atoms in total. The lowest BCUT2D eigenvalue weighted by atomic mass is 9.75. The Morgan fingerprint density at radius 2 is 1.65 bits per heavy atom. The number of amides is 1. The number of carbonyl (C=O) groups excluding carboxylic acids is 1. The Bertz CT molecular complexity index is 1460. The van der Waals surface area contributed by atoms with Crippen LogP contribution in [0.4, 0.5) is 5.69 Å². The van der Waals surface area contributed by atoms with Crippen LogP contribution in [0.15, 0.2) is 60.7 Å². The average Bonchev–Trinajstić information content (AvgIpc) is 3.23. The lowest BCUT2D eigenvalue weighted by molar-refractivity contribution is -0.118. The molecule has 2 fully saturated rings. The van der Waals surface area contributed by atoms with Gasteiger partial charge in [0, 0.05) is 22.8 Å². The van der Waals surface area contributed by atoms with Gasteiger partial charge in [-0.1, -0.05) is 42.8 Å². The molecule has 2 bridgehead atoms.